The summed E-state index contributed by atoms with van der Waals surface area (Å²) in [5, 5.41) is 3.49. The Balaban J connectivity index is 1.77. The molecular formula is C14H21NO. The van der Waals surface area contributed by atoms with Crippen LogP contribution >= 0.6 is 0 Å². The van der Waals surface area contributed by atoms with Crippen LogP contribution in [0.4, 0.5) is 0 Å². The van der Waals surface area contributed by atoms with Crippen molar-refractivity contribution >= 4 is 0 Å². The highest BCUT2D eigenvalue weighted by Crippen LogP contribution is 2.25. The van der Waals surface area contributed by atoms with Gasteiger partial charge in [0.25, 0.3) is 0 Å². The maximum absolute atomic E-state index is 5.49. The molecule has 0 atom stereocenters. The maximum Gasteiger partial charge on any atom is 0.122 e. The summed E-state index contributed by atoms with van der Waals surface area (Å²) in [6, 6.07) is 6.54. The lowest BCUT2D eigenvalue weighted by molar-refractivity contribution is 0.357. The molecular weight excluding hydrogens is 198 g/mol. The van der Waals surface area contributed by atoms with Crippen molar-refractivity contribution in [2.45, 2.75) is 39.2 Å². The van der Waals surface area contributed by atoms with Gasteiger partial charge in [-0.15, -0.1) is 0 Å². The van der Waals surface area contributed by atoms with Gasteiger partial charge in [0, 0.05) is 13.0 Å². The highest BCUT2D eigenvalue weighted by Gasteiger charge is 2.11. The SMILES string of the molecule is CCCCCNCc1ccc2c(c1)CCO2. The standard InChI is InChI=1S/C14H21NO/c1-2-3-4-8-15-11-12-5-6-14-13(10-12)7-9-16-14/h5-6,10,15H,2-4,7-9,11H2,1H3. The van der Waals surface area contributed by atoms with Gasteiger partial charge in [0.2, 0.25) is 0 Å². The average molecular weight is 219 g/mol. The highest BCUT2D eigenvalue weighted by molar-refractivity contribution is 5.39. The second-order valence-electron chi connectivity index (χ2n) is 4.42. The van der Waals surface area contributed by atoms with E-state index in [1.54, 1.807) is 0 Å². The predicted molar refractivity (Wildman–Crippen MR) is 66.9 cm³/mol. The van der Waals surface area contributed by atoms with E-state index in [2.05, 4.69) is 30.4 Å². The van der Waals surface area contributed by atoms with Crippen LogP contribution in [-0.2, 0) is 13.0 Å². The van der Waals surface area contributed by atoms with E-state index in [9.17, 15) is 0 Å². The average Bonchev–Trinajstić information content (AvgIpc) is 2.76. The van der Waals surface area contributed by atoms with Gasteiger partial charge in [-0.2, -0.15) is 0 Å². The van der Waals surface area contributed by atoms with Crippen LogP contribution < -0.4 is 10.1 Å². The smallest absolute Gasteiger partial charge is 0.122 e. The van der Waals surface area contributed by atoms with E-state index in [4.69, 9.17) is 4.74 Å². The summed E-state index contributed by atoms with van der Waals surface area (Å²) in [5.41, 5.74) is 2.74. The lowest BCUT2D eigenvalue weighted by Gasteiger charge is -2.06. The van der Waals surface area contributed by atoms with Crippen LogP contribution in [-0.4, -0.2) is 13.2 Å². The second-order valence-corrected chi connectivity index (χ2v) is 4.42. The Morgan fingerprint density at radius 1 is 1.31 bits per heavy atom. The summed E-state index contributed by atoms with van der Waals surface area (Å²) < 4.78 is 5.49. The van der Waals surface area contributed by atoms with Crippen LogP contribution in [0.2, 0.25) is 0 Å². The van der Waals surface area contributed by atoms with Crippen molar-refractivity contribution in [2.24, 2.45) is 0 Å². The third-order valence-corrected chi connectivity index (χ3v) is 3.04. The molecule has 1 aromatic carbocycles. The minimum atomic E-state index is 0.850. The molecule has 0 aliphatic carbocycles. The molecule has 0 amide bonds. The normalized spacial score (nSPS) is 13.6. The molecule has 0 radical (unpaired) electrons. The van der Waals surface area contributed by atoms with E-state index >= 15 is 0 Å². The predicted octanol–water partition coefficient (Wildman–Crippen LogP) is 2.90. The summed E-state index contributed by atoms with van der Waals surface area (Å²) in [6.07, 6.45) is 4.96. The topological polar surface area (TPSA) is 21.3 Å². The van der Waals surface area contributed by atoms with E-state index in [1.807, 2.05) is 0 Å². The van der Waals surface area contributed by atoms with E-state index in [-0.39, 0.29) is 0 Å². The molecule has 1 aromatic rings. The number of hydrogen-bond donors (Lipinski definition) is 1. The molecule has 1 heterocycles. The Kier molecular flexibility index (Phi) is 4.23. The summed E-state index contributed by atoms with van der Waals surface area (Å²) in [5.74, 6) is 1.08. The third kappa shape index (κ3) is 2.99. The molecule has 2 rings (SSSR count). The summed E-state index contributed by atoms with van der Waals surface area (Å²) >= 11 is 0. The first-order valence-electron chi connectivity index (χ1n) is 6.35. The lowest BCUT2D eigenvalue weighted by Crippen LogP contribution is -2.14. The first kappa shape index (κ1) is 11.5. The third-order valence-electron chi connectivity index (χ3n) is 3.04. The Labute approximate surface area is 98.0 Å². The quantitative estimate of drug-likeness (QED) is 0.743. The van der Waals surface area contributed by atoms with Crippen LogP contribution in [0, 0.1) is 0 Å². The molecule has 0 unspecified atom stereocenters. The molecule has 0 saturated heterocycles. The Morgan fingerprint density at radius 2 is 2.25 bits per heavy atom. The second kappa shape index (κ2) is 5.90. The van der Waals surface area contributed by atoms with Gasteiger partial charge in [0.05, 0.1) is 6.61 Å². The van der Waals surface area contributed by atoms with E-state index in [0.717, 1.165) is 31.9 Å². The number of rotatable bonds is 6. The first-order chi connectivity index (χ1) is 7.90. The minimum absolute atomic E-state index is 0.850. The molecule has 1 aliphatic rings. The van der Waals surface area contributed by atoms with Crippen molar-refractivity contribution in [3.8, 4) is 5.75 Å². The maximum atomic E-state index is 5.49. The zero-order valence-corrected chi connectivity index (χ0v) is 10.1. The molecule has 2 heteroatoms. The van der Waals surface area contributed by atoms with Gasteiger partial charge < -0.3 is 10.1 Å². The van der Waals surface area contributed by atoms with Crippen LogP contribution in [0.3, 0.4) is 0 Å². The molecule has 2 nitrogen and oxygen atoms in total. The number of unbranched alkanes of at least 4 members (excludes halogenated alkanes) is 2. The van der Waals surface area contributed by atoms with Crippen LogP contribution in [0.5, 0.6) is 5.75 Å². The number of hydrogen-bond acceptors (Lipinski definition) is 2. The van der Waals surface area contributed by atoms with Gasteiger partial charge in [-0.1, -0.05) is 31.9 Å². The number of ether oxygens (including phenoxy) is 1. The van der Waals surface area contributed by atoms with Gasteiger partial charge >= 0.3 is 0 Å². The number of benzene rings is 1. The summed E-state index contributed by atoms with van der Waals surface area (Å²) in [6.45, 7) is 5.20. The Hall–Kier alpha value is -1.02. The van der Waals surface area contributed by atoms with Gasteiger partial charge in [-0.05, 0) is 30.2 Å². The van der Waals surface area contributed by atoms with E-state index in [1.165, 1.54) is 30.4 Å². The molecule has 1 N–H and O–H groups in total. The molecule has 16 heavy (non-hydrogen) atoms. The van der Waals surface area contributed by atoms with Crippen LogP contribution in [0.15, 0.2) is 18.2 Å². The van der Waals surface area contributed by atoms with Crippen molar-refractivity contribution in [3.63, 3.8) is 0 Å². The van der Waals surface area contributed by atoms with Crippen LogP contribution in [0.25, 0.3) is 0 Å². The Morgan fingerprint density at radius 3 is 3.12 bits per heavy atom. The van der Waals surface area contributed by atoms with Crippen LogP contribution in [0.1, 0.15) is 37.3 Å². The molecule has 0 fully saturated rings. The molecule has 0 spiro atoms. The monoisotopic (exact) mass is 219 g/mol. The largest absolute Gasteiger partial charge is 0.493 e. The molecule has 0 saturated carbocycles. The molecule has 1 aliphatic heterocycles. The van der Waals surface area contributed by atoms with E-state index in [0.29, 0.717) is 0 Å². The highest BCUT2D eigenvalue weighted by atomic mass is 16.5. The van der Waals surface area contributed by atoms with Crippen molar-refractivity contribution in [1.82, 2.24) is 5.32 Å². The lowest BCUT2D eigenvalue weighted by atomic mass is 10.1. The fraction of sp³-hybridized carbons (Fsp3) is 0.571. The van der Waals surface area contributed by atoms with E-state index < -0.39 is 0 Å². The number of nitrogens with one attached hydrogen (secondary N) is 1. The van der Waals surface area contributed by atoms with Gasteiger partial charge in [0.1, 0.15) is 5.75 Å². The van der Waals surface area contributed by atoms with Crippen molar-refractivity contribution in [2.75, 3.05) is 13.2 Å². The van der Waals surface area contributed by atoms with Crippen molar-refractivity contribution in [1.29, 1.82) is 0 Å². The van der Waals surface area contributed by atoms with Gasteiger partial charge in [-0.3, -0.25) is 0 Å². The summed E-state index contributed by atoms with van der Waals surface area (Å²) in [4.78, 5) is 0. The number of fused-ring (bicyclic) bond motifs is 1. The van der Waals surface area contributed by atoms with Crippen molar-refractivity contribution < 1.29 is 4.74 Å². The molecule has 88 valence electrons. The fourth-order valence-electron chi connectivity index (χ4n) is 2.08. The van der Waals surface area contributed by atoms with Crippen molar-refractivity contribution in [3.05, 3.63) is 29.3 Å². The van der Waals surface area contributed by atoms with Gasteiger partial charge in [0.15, 0.2) is 0 Å². The fourth-order valence-corrected chi connectivity index (χ4v) is 2.08. The zero-order valence-electron chi connectivity index (χ0n) is 10.1. The Bertz CT molecular complexity index is 336. The summed E-state index contributed by atoms with van der Waals surface area (Å²) in [7, 11) is 0. The molecule has 0 bridgehead atoms. The first-order valence-corrected chi connectivity index (χ1v) is 6.35. The minimum Gasteiger partial charge on any atom is -0.493 e. The molecule has 0 aromatic heterocycles. The van der Waals surface area contributed by atoms with Gasteiger partial charge in [-0.25, -0.2) is 0 Å². The zero-order chi connectivity index (χ0) is 11.2.